The molecule has 2 aliphatic carbocycles. The molecule has 3 saturated heterocycles. The lowest BCUT2D eigenvalue weighted by Gasteiger charge is -2.61. The summed E-state index contributed by atoms with van der Waals surface area (Å²) in [7, 11) is 0. The Morgan fingerprint density at radius 3 is 2.38 bits per heavy atom. The lowest BCUT2D eigenvalue weighted by molar-refractivity contribution is -0.144. The minimum absolute atomic E-state index is 0.00406. The van der Waals surface area contributed by atoms with Crippen molar-refractivity contribution in [3.05, 3.63) is 95.0 Å². The van der Waals surface area contributed by atoms with Gasteiger partial charge in [-0.3, -0.25) is 29.2 Å². The van der Waals surface area contributed by atoms with E-state index in [0.29, 0.717) is 41.0 Å². The highest BCUT2D eigenvalue weighted by Gasteiger charge is 2.55. The Balaban J connectivity index is 0.674. The van der Waals surface area contributed by atoms with Gasteiger partial charge in [0.25, 0.3) is 5.56 Å². The number of nitrogens with zero attached hydrogens (tertiary/aromatic N) is 5. The van der Waals surface area contributed by atoms with Crippen molar-refractivity contribution in [3.8, 4) is 16.9 Å². The van der Waals surface area contributed by atoms with Crippen molar-refractivity contribution in [2.45, 2.75) is 94.5 Å². The summed E-state index contributed by atoms with van der Waals surface area (Å²) >= 11 is 0. The average Bonchev–Trinajstić information content (AvgIpc) is 3.21. The molecule has 16 heteroatoms. The molecule has 3 amide bonds. The fourth-order valence-corrected chi connectivity index (χ4v) is 9.68. The van der Waals surface area contributed by atoms with Crippen LogP contribution in [0.2, 0.25) is 0 Å². The molecule has 1 atom stereocenters. The van der Waals surface area contributed by atoms with E-state index >= 15 is 4.39 Å². The number of amides is 3. The van der Waals surface area contributed by atoms with Gasteiger partial charge in [0, 0.05) is 85.3 Å². The second kappa shape index (κ2) is 16.6. The summed E-state index contributed by atoms with van der Waals surface area (Å²) in [5, 5.41) is 11.8. The van der Waals surface area contributed by atoms with Gasteiger partial charge >= 0.3 is 6.09 Å². The first-order valence-corrected chi connectivity index (χ1v) is 21.0. The molecule has 3 aliphatic heterocycles. The van der Waals surface area contributed by atoms with Crippen LogP contribution >= 0.6 is 0 Å². The monoisotopic (exact) mass is 821 g/mol. The minimum Gasteiger partial charge on any atom is -0.446 e. The van der Waals surface area contributed by atoms with Crippen molar-refractivity contribution in [2.24, 2.45) is 5.41 Å². The number of rotatable bonds is 10. The third-order valence-electron chi connectivity index (χ3n) is 12.9. The molecule has 1 unspecified atom stereocenters. The number of anilines is 3. The van der Waals surface area contributed by atoms with E-state index in [4.69, 9.17) is 4.74 Å². The molecular weight excluding hydrogens is 773 g/mol. The standard InChI is InChI=1S/C44H49F2N9O5/c45-34-21-30(48-36-12-14-38(56)51-41(36)58)11-13-37(34)53-18-15-31(16-19-53)54-25-44(26-54)22-33(23-44)60-43(59)50-29-9-7-28(8-10-29)49-42-47-24-35(46)40(52-42)27-4-3-5-32(20-27)55-17-2-1-6-39(55)57/h1-6,11,13,17,20-21,24,28-29,31,33,36,48H,7-10,12,14-16,18-19,22-23,25-26H2,(H,50,59)(H,47,49,52)(H,51,56,58)/t28-,29-,36?. The van der Waals surface area contributed by atoms with Gasteiger partial charge < -0.3 is 25.6 Å². The zero-order valence-electron chi connectivity index (χ0n) is 33.2. The molecule has 14 nitrogen and oxygen atoms in total. The largest absolute Gasteiger partial charge is 0.446 e. The molecule has 2 aromatic carbocycles. The number of piperidine rings is 2. The maximum Gasteiger partial charge on any atom is 0.407 e. The lowest BCUT2D eigenvalue weighted by atomic mass is 9.61. The molecule has 0 bridgehead atoms. The van der Waals surface area contributed by atoms with Crippen LogP contribution in [0.3, 0.4) is 0 Å². The Morgan fingerprint density at radius 2 is 1.63 bits per heavy atom. The second-order valence-electron chi connectivity index (χ2n) is 17.1. The highest BCUT2D eigenvalue weighted by molar-refractivity contribution is 6.01. The van der Waals surface area contributed by atoms with Crippen LogP contribution in [0.1, 0.15) is 64.2 Å². The van der Waals surface area contributed by atoms with Crippen molar-refractivity contribution in [2.75, 3.05) is 41.7 Å². The summed E-state index contributed by atoms with van der Waals surface area (Å²) in [4.78, 5) is 62.0. The molecule has 5 aliphatic rings. The number of halogens is 2. The molecule has 5 heterocycles. The predicted octanol–water partition coefficient (Wildman–Crippen LogP) is 5.37. The highest BCUT2D eigenvalue weighted by Crippen LogP contribution is 2.51. The van der Waals surface area contributed by atoms with Gasteiger partial charge in [-0.2, -0.15) is 0 Å². The van der Waals surface area contributed by atoms with Crippen molar-refractivity contribution in [3.63, 3.8) is 0 Å². The number of carbonyl (C=O) groups excluding carboxylic acids is 3. The Hall–Kier alpha value is -5.90. The van der Waals surface area contributed by atoms with Gasteiger partial charge in [-0.15, -0.1) is 0 Å². The maximum absolute atomic E-state index is 15.2. The summed E-state index contributed by atoms with van der Waals surface area (Å²) in [5.74, 6) is -1.24. The van der Waals surface area contributed by atoms with Gasteiger partial charge in [0.2, 0.25) is 17.8 Å². The predicted molar refractivity (Wildman–Crippen MR) is 221 cm³/mol. The average molecular weight is 822 g/mol. The SMILES string of the molecule is O=C1CCC(Nc2ccc(N3CCC(N4CC5(CC(OC(=O)N[C@H]6CC[C@H](Nc7ncc(F)c(-c8cccc(-n9ccccc9=O)c8)n7)CC6)C5)C4)CC3)c(F)c2)C(=O)N1. The third kappa shape index (κ3) is 8.56. The van der Waals surface area contributed by atoms with Crippen LogP contribution in [0.5, 0.6) is 0 Å². The number of carbonyl (C=O) groups is 3. The number of hydrogen-bond acceptors (Lipinski definition) is 11. The Kier molecular flexibility index (Phi) is 11.0. The molecular formula is C44H49F2N9O5. The van der Waals surface area contributed by atoms with Crippen LogP contribution in [0, 0.1) is 17.0 Å². The zero-order chi connectivity index (χ0) is 41.4. The molecule has 4 N–H and O–H groups in total. The first kappa shape index (κ1) is 39.6. The summed E-state index contributed by atoms with van der Waals surface area (Å²) < 4.78 is 37.5. The topological polar surface area (TPSA) is 163 Å². The van der Waals surface area contributed by atoms with Crippen molar-refractivity contribution in [1.82, 2.24) is 30.1 Å². The molecule has 2 saturated carbocycles. The third-order valence-corrected chi connectivity index (χ3v) is 12.9. The van der Waals surface area contributed by atoms with Gasteiger partial charge in [0.15, 0.2) is 5.82 Å². The number of alkyl carbamates (subject to hydrolysis) is 1. The van der Waals surface area contributed by atoms with Crippen molar-refractivity contribution >= 4 is 35.2 Å². The number of likely N-dealkylation sites (tertiary alicyclic amines) is 1. The van der Waals surface area contributed by atoms with E-state index in [-0.39, 0.29) is 65.0 Å². The van der Waals surface area contributed by atoms with Crippen LogP contribution < -0.4 is 31.7 Å². The molecule has 60 heavy (non-hydrogen) atoms. The van der Waals surface area contributed by atoms with Gasteiger partial charge in [-0.1, -0.05) is 18.2 Å². The molecule has 4 aromatic rings. The summed E-state index contributed by atoms with van der Waals surface area (Å²) in [6.45, 7) is 3.49. The van der Waals surface area contributed by atoms with E-state index in [9.17, 15) is 23.6 Å². The summed E-state index contributed by atoms with van der Waals surface area (Å²) in [6, 6.07) is 16.8. The first-order valence-electron chi connectivity index (χ1n) is 21.0. The number of hydrogen-bond donors (Lipinski definition) is 4. The molecule has 5 fully saturated rings. The second-order valence-corrected chi connectivity index (χ2v) is 17.1. The van der Waals surface area contributed by atoms with E-state index in [1.54, 1.807) is 54.7 Å². The van der Waals surface area contributed by atoms with Gasteiger partial charge in [-0.25, -0.2) is 23.5 Å². The molecule has 9 rings (SSSR count). The summed E-state index contributed by atoms with van der Waals surface area (Å²) in [6.07, 6.45) is 9.70. The quantitative estimate of drug-likeness (QED) is 0.152. The number of aromatic nitrogens is 3. The van der Waals surface area contributed by atoms with Gasteiger partial charge in [0.1, 0.15) is 23.7 Å². The van der Waals surface area contributed by atoms with Crippen molar-refractivity contribution in [1.29, 1.82) is 0 Å². The molecule has 314 valence electrons. The van der Waals surface area contributed by atoms with E-state index < -0.39 is 11.9 Å². The number of benzene rings is 2. The summed E-state index contributed by atoms with van der Waals surface area (Å²) in [5.41, 5.74) is 2.37. The maximum atomic E-state index is 15.2. The van der Waals surface area contributed by atoms with Gasteiger partial charge in [-0.05, 0) is 94.2 Å². The zero-order valence-corrected chi connectivity index (χ0v) is 33.2. The number of ether oxygens (including phenoxy) is 1. The molecule has 0 radical (unpaired) electrons. The Morgan fingerprint density at radius 1 is 0.850 bits per heavy atom. The smallest absolute Gasteiger partial charge is 0.407 e. The number of imide groups is 1. The number of pyridine rings is 1. The van der Waals surface area contributed by atoms with Crippen molar-refractivity contribution < 1.29 is 27.9 Å². The van der Waals surface area contributed by atoms with Crippen LogP contribution in [0.25, 0.3) is 16.9 Å². The molecule has 1 spiro atoms. The Bertz CT molecular complexity index is 2310. The van der Waals surface area contributed by atoms with Gasteiger partial charge in [0.05, 0.1) is 11.9 Å². The van der Waals surface area contributed by atoms with E-state index in [1.807, 2.05) is 0 Å². The minimum atomic E-state index is -0.560. The van der Waals surface area contributed by atoms with E-state index in [0.717, 1.165) is 83.7 Å². The van der Waals surface area contributed by atoms with Crippen LogP contribution in [-0.4, -0.2) is 93.8 Å². The van der Waals surface area contributed by atoms with E-state index in [1.165, 1.54) is 16.7 Å². The van der Waals surface area contributed by atoms with Crippen LogP contribution in [0.4, 0.5) is 30.9 Å². The lowest BCUT2D eigenvalue weighted by Crippen LogP contribution is -2.67. The number of nitrogens with one attached hydrogen (secondary N) is 4. The highest BCUT2D eigenvalue weighted by atomic mass is 19.1. The first-order chi connectivity index (χ1) is 29.1. The fraction of sp³-hybridized carbons (Fsp3) is 0.455. The Labute approximate surface area is 346 Å². The normalized spacial score (nSPS) is 23.3. The van der Waals surface area contributed by atoms with Crippen LogP contribution in [-0.2, 0) is 14.3 Å². The van der Waals surface area contributed by atoms with E-state index in [2.05, 4.69) is 41.0 Å². The fourth-order valence-electron chi connectivity index (χ4n) is 9.68. The van der Waals surface area contributed by atoms with Crippen LogP contribution in [0.15, 0.2) is 77.9 Å². The molecule has 2 aromatic heterocycles.